The Balaban J connectivity index is 1.85. The van der Waals surface area contributed by atoms with Crippen molar-refractivity contribution in [2.24, 2.45) is 0 Å². The maximum atomic E-state index is 13.2. The number of esters is 1. The molecule has 1 atom stereocenters. The van der Waals surface area contributed by atoms with Crippen molar-refractivity contribution in [3.63, 3.8) is 0 Å². The number of ether oxygens (including phenoxy) is 1. The third-order valence-electron chi connectivity index (χ3n) is 5.05. The fraction of sp³-hybridized carbons (Fsp3) is 0.391. The maximum Gasteiger partial charge on any atom is 0.313 e. The van der Waals surface area contributed by atoms with Crippen LogP contribution in [0.4, 0.5) is 0 Å². The number of hydrogen-bond acceptors (Lipinski definition) is 7. The molecule has 2 heterocycles. The summed E-state index contributed by atoms with van der Waals surface area (Å²) in [5, 5.41) is 8.61. The second kappa shape index (κ2) is 9.96. The van der Waals surface area contributed by atoms with E-state index in [1.54, 1.807) is 23.8 Å². The van der Waals surface area contributed by atoms with Crippen LogP contribution in [0.3, 0.4) is 0 Å². The SMILES string of the molecule is CCOC(=O)Cc1nnc(SC(C)C(=O)c2cc(C)c(C)cc2C)n1Cc1ccco1. The summed E-state index contributed by atoms with van der Waals surface area (Å²) < 4.78 is 12.3. The van der Waals surface area contributed by atoms with Gasteiger partial charge in [0.05, 0.1) is 24.7 Å². The van der Waals surface area contributed by atoms with Gasteiger partial charge in [0.15, 0.2) is 10.9 Å². The number of aryl methyl sites for hydroxylation is 3. The van der Waals surface area contributed by atoms with E-state index >= 15 is 0 Å². The summed E-state index contributed by atoms with van der Waals surface area (Å²) in [6.07, 6.45) is 1.59. The molecule has 3 rings (SSSR count). The van der Waals surface area contributed by atoms with Gasteiger partial charge in [0.2, 0.25) is 0 Å². The van der Waals surface area contributed by atoms with Gasteiger partial charge < -0.3 is 9.15 Å². The van der Waals surface area contributed by atoms with Crippen molar-refractivity contribution in [2.75, 3.05) is 6.61 Å². The normalized spacial score (nSPS) is 12.0. The van der Waals surface area contributed by atoms with Crippen LogP contribution in [0.2, 0.25) is 0 Å². The van der Waals surface area contributed by atoms with Crippen LogP contribution in [0.15, 0.2) is 40.1 Å². The Morgan fingerprint density at radius 2 is 1.90 bits per heavy atom. The fourth-order valence-corrected chi connectivity index (χ4v) is 4.19. The molecule has 0 spiro atoms. The van der Waals surface area contributed by atoms with Crippen molar-refractivity contribution >= 4 is 23.5 Å². The summed E-state index contributed by atoms with van der Waals surface area (Å²) in [6, 6.07) is 7.63. The lowest BCUT2D eigenvalue weighted by atomic mass is 9.97. The summed E-state index contributed by atoms with van der Waals surface area (Å²) in [5.74, 6) is 0.835. The van der Waals surface area contributed by atoms with Crippen molar-refractivity contribution in [1.29, 1.82) is 0 Å². The average molecular weight is 442 g/mol. The number of thioether (sulfide) groups is 1. The fourth-order valence-electron chi connectivity index (χ4n) is 3.25. The standard InChI is InChI=1S/C23H27N3O4S/c1-6-29-21(27)12-20-24-25-23(26(20)13-18-8-7-9-30-18)31-17(5)22(28)19-11-15(3)14(2)10-16(19)4/h7-11,17H,6,12-13H2,1-5H3. The number of benzene rings is 1. The van der Waals surface area contributed by atoms with Crippen LogP contribution in [0.5, 0.6) is 0 Å². The zero-order valence-corrected chi connectivity index (χ0v) is 19.3. The lowest BCUT2D eigenvalue weighted by molar-refractivity contribution is -0.142. The third kappa shape index (κ3) is 5.44. The third-order valence-corrected chi connectivity index (χ3v) is 6.13. The second-order valence-corrected chi connectivity index (χ2v) is 8.73. The summed E-state index contributed by atoms with van der Waals surface area (Å²) in [5.41, 5.74) is 3.92. The van der Waals surface area contributed by atoms with Crippen LogP contribution in [-0.2, 0) is 22.5 Å². The van der Waals surface area contributed by atoms with Crippen molar-refractivity contribution < 1.29 is 18.7 Å². The van der Waals surface area contributed by atoms with Gasteiger partial charge in [-0.2, -0.15) is 0 Å². The number of nitrogens with zero attached hydrogens (tertiary/aromatic N) is 3. The van der Waals surface area contributed by atoms with E-state index in [0.29, 0.717) is 35.5 Å². The molecule has 0 aliphatic carbocycles. The monoisotopic (exact) mass is 441 g/mol. The van der Waals surface area contributed by atoms with Crippen LogP contribution >= 0.6 is 11.8 Å². The molecule has 8 heteroatoms. The zero-order chi connectivity index (χ0) is 22.5. The van der Waals surface area contributed by atoms with Crippen LogP contribution in [-0.4, -0.2) is 38.4 Å². The molecule has 0 aliphatic heterocycles. The topological polar surface area (TPSA) is 87.2 Å². The van der Waals surface area contributed by atoms with E-state index in [1.165, 1.54) is 11.8 Å². The van der Waals surface area contributed by atoms with Gasteiger partial charge in [0.25, 0.3) is 0 Å². The Bertz CT molecular complexity index is 1070. The quantitative estimate of drug-likeness (QED) is 0.278. The molecule has 0 bridgehead atoms. The molecule has 0 fully saturated rings. The molecular formula is C23H27N3O4S. The number of hydrogen-bond donors (Lipinski definition) is 0. The molecule has 0 saturated heterocycles. The molecule has 1 aromatic carbocycles. The molecule has 0 radical (unpaired) electrons. The van der Waals surface area contributed by atoms with E-state index in [1.807, 2.05) is 45.9 Å². The van der Waals surface area contributed by atoms with E-state index in [4.69, 9.17) is 9.15 Å². The van der Waals surface area contributed by atoms with Gasteiger partial charge in [-0.1, -0.05) is 17.8 Å². The summed E-state index contributed by atoms with van der Waals surface area (Å²) >= 11 is 1.32. The number of carbonyl (C=O) groups excluding carboxylic acids is 2. The van der Waals surface area contributed by atoms with Gasteiger partial charge in [-0.25, -0.2) is 0 Å². The molecule has 1 unspecified atom stereocenters. The van der Waals surface area contributed by atoms with Gasteiger partial charge in [0, 0.05) is 5.56 Å². The maximum absolute atomic E-state index is 13.2. The molecule has 0 N–H and O–H groups in total. The van der Waals surface area contributed by atoms with Crippen molar-refractivity contribution in [3.05, 3.63) is 64.4 Å². The molecular weight excluding hydrogens is 414 g/mol. The van der Waals surface area contributed by atoms with Crippen molar-refractivity contribution in [2.45, 2.75) is 58.0 Å². The Labute approximate surface area is 186 Å². The number of Topliss-reactive ketones (excluding diaryl/α,β-unsaturated/α-hetero) is 1. The van der Waals surface area contributed by atoms with Gasteiger partial charge >= 0.3 is 5.97 Å². The second-order valence-electron chi connectivity index (χ2n) is 7.42. The number of ketones is 1. The smallest absolute Gasteiger partial charge is 0.313 e. The predicted molar refractivity (Wildman–Crippen MR) is 118 cm³/mol. The summed E-state index contributed by atoms with van der Waals surface area (Å²) in [7, 11) is 0. The average Bonchev–Trinajstić information content (AvgIpc) is 3.36. The highest BCUT2D eigenvalue weighted by atomic mass is 32.2. The van der Waals surface area contributed by atoms with Gasteiger partial charge in [-0.3, -0.25) is 14.2 Å². The molecule has 2 aromatic heterocycles. The molecule has 164 valence electrons. The molecule has 7 nitrogen and oxygen atoms in total. The Morgan fingerprint density at radius 3 is 2.58 bits per heavy atom. The highest BCUT2D eigenvalue weighted by Gasteiger charge is 2.24. The number of aromatic nitrogens is 3. The lowest BCUT2D eigenvalue weighted by Crippen LogP contribution is -2.17. The lowest BCUT2D eigenvalue weighted by Gasteiger charge is -2.14. The van der Waals surface area contributed by atoms with Crippen molar-refractivity contribution in [3.8, 4) is 0 Å². The van der Waals surface area contributed by atoms with Gasteiger partial charge in [-0.15, -0.1) is 10.2 Å². The Hall–Kier alpha value is -2.87. The van der Waals surface area contributed by atoms with Gasteiger partial charge in [0.1, 0.15) is 18.0 Å². The Kier molecular flexibility index (Phi) is 7.33. The first kappa shape index (κ1) is 22.8. The van der Waals surface area contributed by atoms with Crippen molar-refractivity contribution in [1.82, 2.24) is 14.8 Å². The van der Waals surface area contributed by atoms with Crippen LogP contribution in [0.25, 0.3) is 0 Å². The molecule has 0 aliphatic rings. The van der Waals surface area contributed by atoms with Crippen LogP contribution in [0, 0.1) is 20.8 Å². The number of rotatable bonds is 9. The summed E-state index contributed by atoms with van der Waals surface area (Å²) in [6.45, 7) is 10.3. The van der Waals surface area contributed by atoms with E-state index in [9.17, 15) is 9.59 Å². The first-order valence-electron chi connectivity index (χ1n) is 10.2. The van der Waals surface area contributed by atoms with Gasteiger partial charge in [-0.05, 0) is 69.5 Å². The highest BCUT2D eigenvalue weighted by Crippen LogP contribution is 2.28. The van der Waals surface area contributed by atoms with E-state index < -0.39 is 0 Å². The first-order valence-corrected chi connectivity index (χ1v) is 11.1. The minimum Gasteiger partial charge on any atom is -0.467 e. The minimum atomic E-state index is -0.379. The molecule has 3 aromatic rings. The van der Waals surface area contributed by atoms with Crippen LogP contribution < -0.4 is 0 Å². The predicted octanol–water partition coefficient (Wildman–Crippen LogP) is 4.31. The zero-order valence-electron chi connectivity index (χ0n) is 18.5. The first-order chi connectivity index (χ1) is 14.8. The molecule has 0 saturated carbocycles. The largest absolute Gasteiger partial charge is 0.467 e. The minimum absolute atomic E-state index is 0.000695. The van der Waals surface area contributed by atoms with E-state index in [0.717, 1.165) is 16.7 Å². The van der Waals surface area contributed by atoms with Crippen LogP contribution in [0.1, 0.15) is 52.5 Å². The molecule has 0 amide bonds. The Morgan fingerprint density at radius 1 is 1.16 bits per heavy atom. The number of furan rings is 1. The molecule has 31 heavy (non-hydrogen) atoms. The summed E-state index contributed by atoms with van der Waals surface area (Å²) in [4.78, 5) is 25.2. The highest BCUT2D eigenvalue weighted by molar-refractivity contribution is 8.00. The number of carbonyl (C=O) groups is 2. The van der Waals surface area contributed by atoms with E-state index in [2.05, 4.69) is 10.2 Å². The van der Waals surface area contributed by atoms with E-state index in [-0.39, 0.29) is 23.4 Å².